The molecule has 130 valence electrons. The normalized spacial score (nSPS) is 13.9. The van der Waals surface area contributed by atoms with Crippen molar-refractivity contribution in [3.63, 3.8) is 0 Å². The largest absolute Gasteiger partial charge is 0.459 e. The molecule has 1 atom stereocenters. The molecule has 0 aromatic heterocycles. The van der Waals surface area contributed by atoms with Crippen LogP contribution in [0.4, 0.5) is 13.2 Å². The zero-order valence-electron chi connectivity index (χ0n) is 13.7. The van der Waals surface area contributed by atoms with Crippen LogP contribution in [0.5, 0.6) is 0 Å². The predicted molar refractivity (Wildman–Crippen MR) is 76.2 cm³/mol. The van der Waals surface area contributed by atoms with E-state index < -0.39 is 30.2 Å². The van der Waals surface area contributed by atoms with Gasteiger partial charge in [-0.05, 0) is 34.1 Å². The van der Waals surface area contributed by atoms with Crippen molar-refractivity contribution >= 4 is 11.9 Å². The van der Waals surface area contributed by atoms with Crippen LogP contribution in [-0.2, 0) is 14.3 Å². The molecule has 0 heterocycles. The molecule has 5 nitrogen and oxygen atoms in total. The van der Waals surface area contributed by atoms with Gasteiger partial charge in [0.25, 0.3) is 0 Å². The summed E-state index contributed by atoms with van der Waals surface area (Å²) in [6.07, 6.45) is -3.81. The van der Waals surface area contributed by atoms with Gasteiger partial charge in [-0.2, -0.15) is 13.2 Å². The molecule has 22 heavy (non-hydrogen) atoms. The van der Waals surface area contributed by atoms with E-state index in [0.717, 1.165) is 0 Å². The molecule has 0 radical (unpaired) electrons. The Kier molecular flexibility index (Phi) is 7.86. The molecule has 0 spiro atoms. The minimum atomic E-state index is -4.46. The molecule has 0 bridgehead atoms. The summed E-state index contributed by atoms with van der Waals surface area (Å²) in [5.41, 5.74) is -0.656. The number of amides is 1. The van der Waals surface area contributed by atoms with Crippen molar-refractivity contribution in [2.75, 3.05) is 19.6 Å². The molecule has 8 heteroatoms. The number of carbonyl (C=O) groups is 2. The second kappa shape index (κ2) is 8.36. The van der Waals surface area contributed by atoms with Crippen molar-refractivity contribution in [1.82, 2.24) is 10.2 Å². The van der Waals surface area contributed by atoms with E-state index in [-0.39, 0.29) is 19.1 Å². The second-order valence-corrected chi connectivity index (χ2v) is 6.14. The Morgan fingerprint density at radius 1 is 1.18 bits per heavy atom. The summed E-state index contributed by atoms with van der Waals surface area (Å²) in [6.45, 7) is 6.99. The number of hydrogen-bond acceptors (Lipinski definition) is 4. The van der Waals surface area contributed by atoms with Crippen LogP contribution in [0.25, 0.3) is 0 Å². The quantitative estimate of drug-likeness (QED) is 0.728. The van der Waals surface area contributed by atoms with E-state index >= 15 is 0 Å². The van der Waals surface area contributed by atoms with Crippen molar-refractivity contribution in [3.8, 4) is 0 Å². The standard InChI is InChI=1S/C14H25F3N2O3/c1-6-10(2)19(8-12(21)22-13(3,4)5)7-11(20)18-9-14(15,16)17/h10H,6-9H2,1-5H3,(H,18,20)/t10-/m1/s1. The Bertz CT molecular complexity index is 379. The van der Waals surface area contributed by atoms with E-state index in [2.05, 4.69) is 0 Å². The van der Waals surface area contributed by atoms with E-state index in [0.29, 0.717) is 6.42 Å². The highest BCUT2D eigenvalue weighted by Crippen LogP contribution is 2.12. The molecule has 0 saturated carbocycles. The highest BCUT2D eigenvalue weighted by Gasteiger charge is 2.29. The van der Waals surface area contributed by atoms with Gasteiger partial charge < -0.3 is 10.1 Å². The Hall–Kier alpha value is -1.31. The van der Waals surface area contributed by atoms with Gasteiger partial charge in [-0.25, -0.2) is 0 Å². The number of rotatable bonds is 7. The van der Waals surface area contributed by atoms with Gasteiger partial charge in [0.2, 0.25) is 5.91 Å². The first kappa shape index (κ1) is 20.7. The Morgan fingerprint density at radius 3 is 2.14 bits per heavy atom. The lowest BCUT2D eigenvalue weighted by Gasteiger charge is -2.28. The summed E-state index contributed by atoms with van der Waals surface area (Å²) in [5, 5.41) is 1.80. The first-order chi connectivity index (χ1) is 9.84. The molecule has 0 saturated heterocycles. The van der Waals surface area contributed by atoms with Crippen molar-refractivity contribution in [2.24, 2.45) is 0 Å². The first-order valence-corrected chi connectivity index (χ1v) is 7.13. The number of hydrogen-bond donors (Lipinski definition) is 1. The van der Waals surface area contributed by atoms with Crippen LogP contribution in [0.2, 0.25) is 0 Å². The molecule has 0 aromatic carbocycles. The lowest BCUT2D eigenvalue weighted by molar-refractivity contribution is -0.157. The number of halogens is 3. The molecule has 0 aliphatic heterocycles. The fraction of sp³-hybridized carbons (Fsp3) is 0.857. The zero-order chi connectivity index (χ0) is 17.6. The van der Waals surface area contributed by atoms with E-state index in [1.807, 2.05) is 6.92 Å². The van der Waals surface area contributed by atoms with Crippen molar-refractivity contribution in [1.29, 1.82) is 0 Å². The van der Waals surface area contributed by atoms with Gasteiger partial charge in [-0.3, -0.25) is 14.5 Å². The maximum Gasteiger partial charge on any atom is 0.405 e. The average molecular weight is 326 g/mol. The van der Waals surface area contributed by atoms with Crippen molar-refractivity contribution in [3.05, 3.63) is 0 Å². The van der Waals surface area contributed by atoms with E-state index in [1.165, 1.54) is 4.90 Å². The third kappa shape index (κ3) is 10.4. The van der Waals surface area contributed by atoms with E-state index in [9.17, 15) is 22.8 Å². The predicted octanol–water partition coefficient (Wildman–Crippen LogP) is 2.11. The summed E-state index contributed by atoms with van der Waals surface area (Å²) in [4.78, 5) is 24.9. The Morgan fingerprint density at radius 2 is 1.73 bits per heavy atom. The van der Waals surface area contributed by atoms with Crippen LogP contribution in [0, 0.1) is 0 Å². The monoisotopic (exact) mass is 326 g/mol. The minimum Gasteiger partial charge on any atom is -0.459 e. The van der Waals surface area contributed by atoms with E-state index in [1.54, 1.807) is 33.0 Å². The van der Waals surface area contributed by atoms with Crippen molar-refractivity contribution in [2.45, 2.75) is 58.9 Å². The third-order valence-corrected chi connectivity index (χ3v) is 2.80. The number of esters is 1. The summed E-state index contributed by atoms with van der Waals surface area (Å²) < 4.78 is 41.4. The molecule has 0 unspecified atom stereocenters. The maximum absolute atomic E-state index is 12.1. The van der Waals surface area contributed by atoms with Crippen LogP contribution >= 0.6 is 0 Å². The van der Waals surface area contributed by atoms with Gasteiger partial charge in [0.1, 0.15) is 12.1 Å². The van der Waals surface area contributed by atoms with Crippen LogP contribution in [0.1, 0.15) is 41.0 Å². The number of nitrogens with zero attached hydrogens (tertiary/aromatic N) is 1. The molecule has 0 aliphatic rings. The Balaban J connectivity index is 4.59. The smallest absolute Gasteiger partial charge is 0.405 e. The lowest BCUT2D eigenvalue weighted by Crippen LogP contribution is -2.46. The van der Waals surface area contributed by atoms with Crippen LogP contribution in [0.15, 0.2) is 0 Å². The van der Waals surface area contributed by atoms with E-state index in [4.69, 9.17) is 4.74 Å². The average Bonchev–Trinajstić information content (AvgIpc) is 2.31. The summed E-state index contributed by atoms with van der Waals surface area (Å²) >= 11 is 0. The van der Waals surface area contributed by atoms with Crippen LogP contribution in [0.3, 0.4) is 0 Å². The number of carbonyl (C=O) groups excluding carboxylic acids is 2. The molecule has 0 rings (SSSR count). The lowest BCUT2D eigenvalue weighted by atomic mass is 10.2. The Labute approximate surface area is 129 Å². The van der Waals surface area contributed by atoms with Crippen molar-refractivity contribution < 1.29 is 27.5 Å². The van der Waals surface area contributed by atoms with Gasteiger partial charge in [0, 0.05) is 6.04 Å². The van der Waals surface area contributed by atoms with Crippen LogP contribution in [-0.4, -0.2) is 54.2 Å². The highest BCUT2D eigenvalue weighted by atomic mass is 19.4. The van der Waals surface area contributed by atoms with Gasteiger partial charge in [-0.15, -0.1) is 0 Å². The van der Waals surface area contributed by atoms with Gasteiger partial charge in [-0.1, -0.05) is 6.92 Å². The molecule has 0 aliphatic carbocycles. The molecular formula is C14H25F3N2O3. The summed E-state index contributed by atoms with van der Waals surface area (Å²) in [6, 6.07) is -0.135. The molecule has 0 aromatic rings. The fourth-order valence-corrected chi connectivity index (χ4v) is 1.60. The molecule has 1 N–H and O–H groups in total. The zero-order valence-corrected chi connectivity index (χ0v) is 13.7. The molecule has 0 fully saturated rings. The maximum atomic E-state index is 12.1. The fourth-order valence-electron chi connectivity index (χ4n) is 1.60. The SMILES string of the molecule is CC[C@@H](C)N(CC(=O)NCC(F)(F)F)CC(=O)OC(C)(C)C. The minimum absolute atomic E-state index is 0.135. The highest BCUT2D eigenvalue weighted by molar-refractivity contribution is 5.79. The third-order valence-electron chi connectivity index (χ3n) is 2.80. The summed E-state index contributed by atoms with van der Waals surface area (Å²) in [5.74, 6) is -1.29. The topological polar surface area (TPSA) is 58.6 Å². The number of alkyl halides is 3. The number of nitrogens with one attached hydrogen (secondary N) is 1. The van der Waals surface area contributed by atoms with Gasteiger partial charge in [0.15, 0.2) is 0 Å². The number of ether oxygens (including phenoxy) is 1. The van der Waals surface area contributed by atoms with Crippen LogP contribution < -0.4 is 5.32 Å². The molecular weight excluding hydrogens is 301 g/mol. The van der Waals surface area contributed by atoms with Gasteiger partial charge in [0.05, 0.1) is 13.1 Å². The molecule has 1 amide bonds. The van der Waals surface area contributed by atoms with Gasteiger partial charge >= 0.3 is 12.1 Å². The first-order valence-electron chi connectivity index (χ1n) is 7.13. The second-order valence-electron chi connectivity index (χ2n) is 6.14. The summed E-state index contributed by atoms with van der Waals surface area (Å²) in [7, 11) is 0.